The molecule has 2 aromatic carbocycles. The minimum absolute atomic E-state index is 0.0818. The highest BCUT2D eigenvalue weighted by atomic mass is 16.6. The summed E-state index contributed by atoms with van der Waals surface area (Å²) in [6, 6.07) is 14.6. The summed E-state index contributed by atoms with van der Waals surface area (Å²) in [5.74, 6) is 0.560. The molecular weight excluding hydrogens is 438 g/mol. The van der Waals surface area contributed by atoms with E-state index in [2.05, 4.69) is 6.92 Å². The minimum atomic E-state index is -0.339. The molecule has 2 rings (SSSR count). The third-order valence-corrected chi connectivity index (χ3v) is 6.34. The largest absolute Gasteiger partial charge is 0.493 e. The minimum Gasteiger partial charge on any atom is -0.493 e. The van der Waals surface area contributed by atoms with Gasteiger partial charge in [0.1, 0.15) is 5.75 Å². The molecule has 0 atom stereocenters. The maximum absolute atomic E-state index is 11.5. The van der Waals surface area contributed by atoms with Crippen LogP contribution < -0.4 is 4.74 Å². The first-order chi connectivity index (χ1) is 17.2. The molecule has 194 valence electrons. The predicted molar refractivity (Wildman–Crippen MR) is 145 cm³/mol. The van der Waals surface area contributed by atoms with Crippen LogP contribution in [0.5, 0.6) is 5.75 Å². The van der Waals surface area contributed by atoms with Gasteiger partial charge in [0.2, 0.25) is 0 Å². The Kier molecular flexibility index (Phi) is 15.5. The molecule has 0 aliphatic heterocycles. The van der Waals surface area contributed by atoms with Gasteiger partial charge in [-0.05, 0) is 37.0 Å². The molecule has 5 nitrogen and oxygen atoms in total. The number of hydrogen-bond donors (Lipinski definition) is 0. The molecule has 0 amide bonds. The van der Waals surface area contributed by atoms with Crippen LogP contribution in [0.3, 0.4) is 0 Å². The van der Waals surface area contributed by atoms with E-state index in [9.17, 15) is 10.1 Å². The average molecular weight is 484 g/mol. The Bertz CT molecular complexity index is 809. The highest BCUT2D eigenvalue weighted by molar-refractivity contribution is 5.74. The molecule has 0 radical (unpaired) electrons. The Balaban J connectivity index is 1.45. The second-order valence-corrected chi connectivity index (χ2v) is 9.36. The van der Waals surface area contributed by atoms with E-state index < -0.39 is 0 Å². The molecule has 0 spiro atoms. The van der Waals surface area contributed by atoms with Crippen molar-refractivity contribution >= 4 is 5.69 Å². The fraction of sp³-hybridized carbons (Fsp3) is 0.600. The van der Waals surface area contributed by atoms with Crippen LogP contribution in [0.25, 0.3) is 11.1 Å². The van der Waals surface area contributed by atoms with Crippen molar-refractivity contribution in [3.05, 3.63) is 58.6 Å². The molecule has 35 heavy (non-hydrogen) atoms. The molecular formula is C30H45NO4. The normalized spacial score (nSPS) is 11.0. The maximum atomic E-state index is 11.5. The SMILES string of the molecule is CCCCCCCCCCOCCCCCCCCOc1ccc(-c2ccccc2)c([N+](=O)[O-])c1. The van der Waals surface area contributed by atoms with Gasteiger partial charge in [0.15, 0.2) is 0 Å². The van der Waals surface area contributed by atoms with Gasteiger partial charge in [0, 0.05) is 13.2 Å². The first-order valence-corrected chi connectivity index (χ1v) is 13.8. The number of nitrogens with zero attached hydrogens (tertiary/aromatic N) is 1. The van der Waals surface area contributed by atoms with Gasteiger partial charge in [0.25, 0.3) is 5.69 Å². The fourth-order valence-corrected chi connectivity index (χ4v) is 4.26. The number of rotatable bonds is 21. The molecule has 0 fully saturated rings. The van der Waals surface area contributed by atoms with Crippen LogP contribution in [-0.2, 0) is 4.74 Å². The summed E-state index contributed by atoms with van der Waals surface area (Å²) >= 11 is 0. The zero-order valence-electron chi connectivity index (χ0n) is 21.7. The van der Waals surface area contributed by atoms with E-state index in [0.29, 0.717) is 17.9 Å². The van der Waals surface area contributed by atoms with Crippen LogP contribution >= 0.6 is 0 Å². The van der Waals surface area contributed by atoms with Gasteiger partial charge in [-0.1, -0.05) is 108 Å². The van der Waals surface area contributed by atoms with Crippen molar-refractivity contribution in [1.82, 2.24) is 0 Å². The fourth-order valence-electron chi connectivity index (χ4n) is 4.26. The summed E-state index contributed by atoms with van der Waals surface area (Å²) in [6.07, 6.45) is 17.6. The monoisotopic (exact) mass is 483 g/mol. The molecule has 0 N–H and O–H groups in total. The molecule has 0 aromatic heterocycles. The molecule has 0 heterocycles. The highest BCUT2D eigenvalue weighted by Gasteiger charge is 2.16. The molecule has 5 heteroatoms. The molecule has 0 unspecified atom stereocenters. The Morgan fingerprint density at radius 2 is 1.23 bits per heavy atom. The van der Waals surface area contributed by atoms with E-state index in [4.69, 9.17) is 9.47 Å². The summed E-state index contributed by atoms with van der Waals surface area (Å²) in [5, 5.41) is 11.5. The Morgan fingerprint density at radius 3 is 1.80 bits per heavy atom. The Hall–Kier alpha value is -2.40. The van der Waals surface area contributed by atoms with Crippen molar-refractivity contribution in [2.45, 2.75) is 96.8 Å². The van der Waals surface area contributed by atoms with Crippen molar-refractivity contribution in [2.24, 2.45) is 0 Å². The van der Waals surface area contributed by atoms with Crippen LogP contribution in [0.4, 0.5) is 5.69 Å². The second-order valence-electron chi connectivity index (χ2n) is 9.36. The van der Waals surface area contributed by atoms with Gasteiger partial charge in [-0.15, -0.1) is 0 Å². The summed E-state index contributed by atoms with van der Waals surface area (Å²) < 4.78 is 11.6. The zero-order chi connectivity index (χ0) is 25.0. The Labute approximate surface area is 212 Å². The van der Waals surface area contributed by atoms with E-state index in [-0.39, 0.29) is 10.6 Å². The van der Waals surface area contributed by atoms with Crippen LogP contribution in [0.15, 0.2) is 48.5 Å². The predicted octanol–water partition coefficient (Wildman–Crippen LogP) is 9.14. The van der Waals surface area contributed by atoms with Crippen molar-refractivity contribution in [3.8, 4) is 16.9 Å². The van der Waals surface area contributed by atoms with Crippen molar-refractivity contribution in [1.29, 1.82) is 0 Å². The zero-order valence-corrected chi connectivity index (χ0v) is 21.7. The molecule has 0 aliphatic carbocycles. The van der Waals surface area contributed by atoms with Crippen molar-refractivity contribution in [2.75, 3.05) is 19.8 Å². The number of ether oxygens (including phenoxy) is 2. The van der Waals surface area contributed by atoms with E-state index in [1.54, 1.807) is 6.07 Å². The smallest absolute Gasteiger partial charge is 0.280 e. The van der Waals surface area contributed by atoms with Crippen LogP contribution in [0.1, 0.15) is 96.8 Å². The standard InChI is InChI=1S/C30H45NO4/c1-2-3-4-5-6-7-10-16-23-34-24-17-11-8-9-12-18-25-35-28-21-22-29(30(26-28)31(32)33)27-19-14-13-15-20-27/h13-15,19-22,26H,2-12,16-18,23-25H2,1H3. The topological polar surface area (TPSA) is 61.6 Å². The lowest BCUT2D eigenvalue weighted by Gasteiger charge is -2.09. The summed E-state index contributed by atoms with van der Waals surface area (Å²) in [7, 11) is 0. The van der Waals surface area contributed by atoms with E-state index in [0.717, 1.165) is 38.0 Å². The lowest BCUT2D eigenvalue weighted by atomic mass is 10.0. The number of nitro benzene ring substituents is 1. The lowest BCUT2D eigenvalue weighted by Crippen LogP contribution is -1.99. The van der Waals surface area contributed by atoms with Gasteiger partial charge in [0.05, 0.1) is 23.2 Å². The lowest BCUT2D eigenvalue weighted by molar-refractivity contribution is -0.384. The quantitative estimate of drug-likeness (QED) is 0.101. The van der Waals surface area contributed by atoms with Gasteiger partial charge in [-0.2, -0.15) is 0 Å². The van der Waals surface area contributed by atoms with E-state index >= 15 is 0 Å². The number of benzene rings is 2. The van der Waals surface area contributed by atoms with Gasteiger partial charge in [-0.3, -0.25) is 10.1 Å². The van der Waals surface area contributed by atoms with E-state index in [1.807, 2.05) is 36.4 Å². The first-order valence-electron chi connectivity index (χ1n) is 13.8. The molecule has 0 saturated carbocycles. The van der Waals surface area contributed by atoms with Gasteiger partial charge in [-0.25, -0.2) is 0 Å². The van der Waals surface area contributed by atoms with Gasteiger partial charge < -0.3 is 9.47 Å². The van der Waals surface area contributed by atoms with E-state index in [1.165, 1.54) is 76.7 Å². The third-order valence-electron chi connectivity index (χ3n) is 6.34. The maximum Gasteiger partial charge on any atom is 0.280 e. The van der Waals surface area contributed by atoms with Crippen molar-refractivity contribution in [3.63, 3.8) is 0 Å². The van der Waals surface area contributed by atoms with Gasteiger partial charge >= 0.3 is 0 Å². The molecule has 0 aliphatic rings. The van der Waals surface area contributed by atoms with Crippen molar-refractivity contribution < 1.29 is 14.4 Å². The first kappa shape index (κ1) is 28.8. The second kappa shape index (κ2) is 18.9. The highest BCUT2D eigenvalue weighted by Crippen LogP contribution is 2.33. The van der Waals surface area contributed by atoms with Crippen LogP contribution in [0, 0.1) is 10.1 Å². The van der Waals surface area contributed by atoms with Crippen LogP contribution in [-0.4, -0.2) is 24.7 Å². The number of nitro groups is 1. The molecule has 0 bridgehead atoms. The molecule has 0 saturated heterocycles. The third kappa shape index (κ3) is 12.7. The van der Waals surface area contributed by atoms with Crippen LogP contribution in [0.2, 0.25) is 0 Å². The summed E-state index contributed by atoms with van der Waals surface area (Å²) in [4.78, 5) is 11.2. The molecule has 2 aromatic rings. The number of hydrogen-bond acceptors (Lipinski definition) is 4. The average Bonchev–Trinajstić information content (AvgIpc) is 2.88. The number of unbranched alkanes of at least 4 members (excludes halogenated alkanes) is 12. The summed E-state index contributed by atoms with van der Waals surface area (Å²) in [5.41, 5.74) is 1.53. The summed E-state index contributed by atoms with van der Waals surface area (Å²) in [6.45, 7) is 4.65. The Morgan fingerprint density at radius 1 is 0.686 bits per heavy atom.